The molecule has 138 valence electrons. The first kappa shape index (κ1) is 21.5. The van der Waals surface area contributed by atoms with E-state index in [0.29, 0.717) is 0 Å². The van der Waals surface area contributed by atoms with E-state index in [1.54, 1.807) is 0 Å². The summed E-state index contributed by atoms with van der Waals surface area (Å²) in [5.74, 6) is 0.778. The topological polar surface area (TPSA) is 0 Å². The third-order valence-electron chi connectivity index (χ3n) is 5.04. The molecule has 0 heteroatoms. The van der Waals surface area contributed by atoms with Crippen molar-refractivity contribution in [1.29, 1.82) is 0 Å². The first-order valence-electron chi connectivity index (χ1n) is 10.1. The average molecular weight is 339 g/mol. The van der Waals surface area contributed by atoms with Crippen molar-refractivity contribution < 1.29 is 0 Å². The maximum atomic E-state index is 4.29. The van der Waals surface area contributed by atoms with Gasteiger partial charge in [0.15, 0.2) is 0 Å². The third-order valence-corrected chi connectivity index (χ3v) is 5.04. The molecule has 0 spiro atoms. The summed E-state index contributed by atoms with van der Waals surface area (Å²) in [7, 11) is 0. The minimum Gasteiger partial charge on any atom is -0.103 e. The zero-order chi connectivity index (χ0) is 18.5. The minimum absolute atomic E-state index is 0.778. The quantitative estimate of drug-likeness (QED) is 0.237. The molecule has 1 aromatic carbocycles. The Kier molecular flexibility index (Phi) is 11.0. The van der Waals surface area contributed by atoms with E-state index in [1.165, 1.54) is 73.6 Å². The first-order valence-corrected chi connectivity index (χ1v) is 10.1. The lowest BCUT2D eigenvalue weighted by Gasteiger charge is -2.13. The smallest absolute Gasteiger partial charge is 0.0100 e. The van der Waals surface area contributed by atoms with Gasteiger partial charge in [0.2, 0.25) is 0 Å². The maximum absolute atomic E-state index is 4.29. The van der Waals surface area contributed by atoms with Crippen LogP contribution in [0.15, 0.2) is 55.7 Å². The first-order chi connectivity index (χ1) is 12.1. The molecule has 0 aliphatic rings. The molecular weight excluding hydrogens is 300 g/mol. The number of unbranched alkanes of at least 4 members (excludes halogenated alkanes) is 2. The summed E-state index contributed by atoms with van der Waals surface area (Å²) in [5.41, 5.74) is 5.32. The average Bonchev–Trinajstić information content (AvgIpc) is 2.62. The number of allylic oxidation sites excluding steroid dienone is 3. The Morgan fingerprint density at radius 1 is 0.960 bits per heavy atom. The van der Waals surface area contributed by atoms with Gasteiger partial charge in [-0.3, -0.25) is 0 Å². The van der Waals surface area contributed by atoms with E-state index in [4.69, 9.17) is 0 Å². The Morgan fingerprint density at radius 2 is 1.64 bits per heavy atom. The molecule has 1 atom stereocenters. The number of rotatable bonds is 14. The van der Waals surface area contributed by atoms with Crippen molar-refractivity contribution in [2.75, 3.05) is 0 Å². The van der Waals surface area contributed by atoms with Crippen molar-refractivity contribution in [3.8, 4) is 0 Å². The summed E-state index contributed by atoms with van der Waals surface area (Å²) in [6, 6.07) is 8.79. The second kappa shape index (κ2) is 12.8. The zero-order valence-electron chi connectivity index (χ0n) is 16.7. The van der Waals surface area contributed by atoms with E-state index < -0.39 is 0 Å². The highest BCUT2D eigenvalue weighted by molar-refractivity contribution is 5.63. The van der Waals surface area contributed by atoms with Gasteiger partial charge in [-0.05, 0) is 67.6 Å². The fraction of sp³-hybridized carbons (Fsp3) is 0.520. The van der Waals surface area contributed by atoms with Crippen molar-refractivity contribution in [2.24, 2.45) is 5.92 Å². The van der Waals surface area contributed by atoms with Gasteiger partial charge in [0.25, 0.3) is 0 Å². The van der Waals surface area contributed by atoms with Gasteiger partial charge in [-0.2, -0.15) is 0 Å². The zero-order valence-corrected chi connectivity index (χ0v) is 16.7. The molecule has 0 unspecified atom stereocenters. The molecule has 0 aliphatic carbocycles. The van der Waals surface area contributed by atoms with Crippen LogP contribution in [0.2, 0.25) is 0 Å². The number of hydrogen-bond donors (Lipinski definition) is 0. The summed E-state index contributed by atoms with van der Waals surface area (Å²) < 4.78 is 0. The van der Waals surface area contributed by atoms with Gasteiger partial charge in [0, 0.05) is 0 Å². The molecule has 0 saturated carbocycles. The molecule has 0 radical (unpaired) electrons. The van der Waals surface area contributed by atoms with E-state index in [9.17, 15) is 0 Å². The summed E-state index contributed by atoms with van der Waals surface area (Å²) in [6.45, 7) is 16.9. The van der Waals surface area contributed by atoms with Gasteiger partial charge in [-0.25, -0.2) is 0 Å². The van der Waals surface area contributed by atoms with E-state index in [-0.39, 0.29) is 0 Å². The fourth-order valence-electron chi connectivity index (χ4n) is 3.17. The van der Waals surface area contributed by atoms with Gasteiger partial charge in [0.1, 0.15) is 0 Å². The van der Waals surface area contributed by atoms with Crippen LogP contribution in [0.5, 0.6) is 0 Å². The molecule has 1 rings (SSSR count). The molecule has 0 bridgehead atoms. The van der Waals surface area contributed by atoms with E-state index >= 15 is 0 Å². The van der Waals surface area contributed by atoms with Crippen LogP contribution in [0, 0.1) is 5.92 Å². The van der Waals surface area contributed by atoms with Crippen LogP contribution in [0.25, 0.3) is 5.57 Å². The van der Waals surface area contributed by atoms with E-state index in [0.717, 1.165) is 18.8 Å². The van der Waals surface area contributed by atoms with Crippen LogP contribution in [-0.4, -0.2) is 0 Å². The van der Waals surface area contributed by atoms with Crippen LogP contribution in [0.3, 0.4) is 0 Å². The third kappa shape index (κ3) is 9.48. The Hall–Kier alpha value is -1.56. The highest BCUT2D eigenvalue weighted by Crippen LogP contribution is 2.24. The fourth-order valence-corrected chi connectivity index (χ4v) is 3.17. The van der Waals surface area contributed by atoms with Crippen LogP contribution >= 0.6 is 0 Å². The van der Waals surface area contributed by atoms with Gasteiger partial charge in [0.05, 0.1) is 0 Å². The van der Waals surface area contributed by atoms with Crippen molar-refractivity contribution in [3.63, 3.8) is 0 Å². The minimum atomic E-state index is 0.778. The largest absolute Gasteiger partial charge is 0.103 e. The highest BCUT2D eigenvalue weighted by Gasteiger charge is 2.06. The second-order valence-electron chi connectivity index (χ2n) is 7.54. The SMILES string of the molecule is C=CCc1ccc(C(=C)CC[C@H](C)CCCCC(=C)CCCC)cc1. The van der Waals surface area contributed by atoms with Crippen molar-refractivity contribution >= 4 is 5.57 Å². The second-order valence-corrected chi connectivity index (χ2v) is 7.54. The molecule has 0 fully saturated rings. The van der Waals surface area contributed by atoms with Crippen molar-refractivity contribution in [2.45, 2.75) is 78.1 Å². The molecule has 0 amide bonds. The van der Waals surface area contributed by atoms with Gasteiger partial charge < -0.3 is 0 Å². The predicted molar refractivity (Wildman–Crippen MR) is 115 cm³/mol. The lowest BCUT2D eigenvalue weighted by atomic mass is 9.93. The molecule has 0 aliphatic heterocycles. The molecule has 0 N–H and O–H groups in total. The molecule has 0 nitrogen and oxygen atoms in total. The lowest BCUT2D eigenvalue weighted by Crippen LogP contribution is -1.96. The Labute approximate surface area is 156 Å². The normalized spacial score (nSPS) is 11.9. The molecule has 25 heavy (non-hydrogen) atoms. The summed E-state index contributed by atoms with van der Waals surface area (Å²) in [4.78, 5) is 0. The Bertz CT molecular complexity index is 517. The Balaban J connectivity index is 2.20. The van der Waals surface area contributed by atoms with Crippen LogP contribution in [0.1, 0.15) is 82.8 Å². The molecule has 0 heterocycles. The van der Waals surface area contributed by atoms with Gasteiger partial charge >= 0.3 is 0 Å². The molecular formula is C25H38. The van der Waals surface area contributed by atoms with E-state index in [1.807, 2.05) is 6.08 Å². The van der Waals surface area contributed by atoms with Gasteiger partial charge in [-0.1, -0.05) is 82.2 Å². The Morgan fingerprint density at radius 3 is 2.28 bits per heavy atom. The maximum Gasteiger partial charge on any atom is -0.0100 e. The standard InChI is InChI=1S/C25H38/c1-6-8-12-21(3)13-9-10-14-22(4)15-16-23(5)25-19-17-24(11-7-2)18-20-25/h7,17-20,22H,2-3,5-6,8-16H2,1,4H3/t22-/m1/s1. The predicted octanol–water partition coefficient (Wildman–Crippen LogP) is 8.15. The summed E-state index contributed by atoms with van der Waals surface area (Å²) >= 11 is 0. The molecule has 0 aromatic heterocycles. The monoisotopic (exact) mass is 338 g/mol. The lowest BCUT2D eigenvalue weighted by molar-refractivity contribution is 0.470. The molecule has 1 aromatic rings. The van der Waals surface area contributed by atoms with Crippen LogP contribution in [-0.2, 0) is 6.42 Å². The van der Waals surface area contributed by atoms with Gasteiger partial charge in [-0.15, -0.1) is 6.58 Å². The van der Waals surface area contributed by atoms with Crippen LogP contribution in [0.4, 0.5) is 0 Å². The highest BCUT2D eigenvalue weighted by atomic mass is 14.1. The summed E-state index contributed by atoms with van der Waals surface area (Å²) in [6.07, 6.45) is 14.2. The van der Waals surface area contributed by atoms with Crippen molar-refractivity contribution in [1.82, 2.24) is 0 Å². The summed E-state index contributed by atoms with van der Waals surface area (Å²) in [5, 5.41) is 0. The number of benzene rings is 1. The molecule has 0 saturated heterocycles. The van der Waals surface area contributed by atoms with Crippen molar-refractivity contribution in [3.05, 3.63) is 66.8 Å². The number of hydrogen-bond acceptors (Lipinski definition) is 0. The van der Waals surface area contributed by atoms with E-state index in [2.05, 4.69) is 57.8 Å². The van der Waals surface area contributed by atoms with Crippen LogP contribution < -0.4 is 0 Å².